The van der Waals surface area contributed by atoms with Gasteiger partial charge in [0.05, 0.1) is 0 Å². The van der Waals surface area contributed by atoms with Crippen LogP contribution in [0.1, 0.15) is 18.1 Å². The van der Waals surface area contributed by atoms with Gasteiger partial charge in [-0.15, -0.1) is 0 Å². The van der Waals surface area contributed by atoms with Crippen molar-refractivity contribution in [3.8, 4) is 18.2 Å². The summed E-state index contributed by atoms with van der Waals surface area (Å²) in [6, 6.07) is 10.8. The minimum atomic E-state index is -0.259. The minimum Gasteiger partial charge on any atom is -0.345 e. The molecule has 22 heavy (non-hydrogen) atoms. The molecule has 1 aliphatic heterocycles. The van der Waals surface area contributed by atoms with Crippen molar-refractivity contribution < 1.29 is 4.79 Å². The number of nitrogens with one attached hydrogen (secondary N) is 1. The lowest BCUT2D eigenvalue weighted by atomic mass is 9.99. The molecule has 0 fully saturated rings. The highest BCUT2D eigenvalue weighted by atomic mass is 16.2. The number of fused-ring (bicyclic) bond motifs is 1. The van der Waals surface area contributed by atoms with E-state index in [1.807, 2.05) is 18.2 Å². The van der Waals surface area contributed by atoms with E-state index in [9.17, 15) is 4.79 Å². The van der Waals surface area contributed by atoms with Crippen LogP contribution in [0.15, 0.2) is 29.5 Å². The van der Waals surface area contributed by atoms with Gasteiger partial charge in [-0.1, -0.05) is 6.07 Å². The lowest BCUT2D eigenvalue weighted by Gasteiger charge is -2.28. The van der Waals surface area contributed by atoms with Crippen LogP contribution in [-0.4, -0.2) is 17.4 Å². The first kappa shape index (κ1) is 15.1. The van der Waals surface area contributed by atoms with Crippen molar-refractivity contribution in [2.45, 2.75) is 19.9 Å². The number of rotatable bonds is 2. The second kappa shape index (κ2) is 6.43. The SMILES string of the molecule is CC(=O)N1CCc2ccc(NC(C#N)=C(C#N)C#N)cc2C1. The second-order valence-electron chi connectivity index (χ2n) is 4.88. The van der Waals surface area contributed by atoms with Gasteiger partial charge in [-0.25, -0.2) is 0 Å². The van der Waals surface area contributed by atoms with Gasteiger partial charge < -0.3 is 10.2 Å². The zero-order valence-electron chi connectivity index (χ0n) is 12.1. The molecule has 6 nitrogen and oxygen atoms in total. The summed E-state index contributed by atoms with van der Waals surface area (Å²) in [5, 5.41) is 29.5. The number of anilines is 1. The molecule has 0 saturated heterocycles. The number of carbonyl (C=O) groups excluding carboxylic acids is 1. The van der Waals surface area contributed by atoms with Crippen LogP contribution in [0.4, 0.5) is 5.69 Å². The number of carbonyl (C=O) groups is 1. The van der Waals surface area contributed by atoms with Crippen molar-refractivity contribution in [2.75, 3.05) is 11.9 Å². The lowest BCUT2D eigenvalue weighted by Crippen LogP contribution is -2.34. The maximum atomic E-state index is 11.5. The van der Waals surface area contributed by atoms with Crippen LogP contribution < -0.4 is 5.32 Å². The Morgan fingerprint density at radius 3 is 2.50 bits per heavy atom. The highest BCUT2D eigenvalue weighted by Gasteiger charge is 2.18. The molecule has 1 aliphatic rings. The zero-order valence-corrected chi connectivity index (χ0v) is 12.1. The van der Waals surface area contributed by atoms with Crippen LogP contribution in [-0.2, 0) is 17.8 Å². The Morgan fingerprint density at radius 1 is 1.18 bits per heavy atom. The van der Waals surface area contributed by atoms with Crippen molar-refractivity contribution in [3.63, 3.8) is 0 Å². The van der Waals surface area contributed by atoms with Gasteiger partial charge >= 0.3 is 0 Å². The topological polar surface area (TPSA) is 104 Å². The van der Waals surface area contributed by atoms with Crippen molar-refractivity contribution in [2.24, 2.45) is 0 Å². The molecule has 1 N–H and O–H groups in total. The average molecular weight is 291 g/mol. The first-order chi connectivity index (χ1) is 10.6. The Kier molecular flexibility index (Phi) is 4.41. The van der Waals surface area contributed by atoms with E-state index in [4.69, 9.17) is 15.8 Å². The number of amides is 1. The highest BCUT2D eigenvalue weighted by Crippen LogP contribution is 2.23. The van der Waals surface area contributed by atoms with Crippen molar-refractivity contribution >= 4 is 11.6 Å². The Bertz CT molecular complexity index is 757. The maximum Gasteiger partial charge on any atom is 0.219 e. The fraction of sp³-hybridized carbons (Fsp3) is 0.250. The summed E-state index contributed by atoms with van der Waals surface area (Å²) in [5.74, 6) is 0.0258. The molecular weight excluding hydrogens is 278 g/mol. The summed E-state index contributed by atoms with van der Waals surface area (Å²) in [6.07, 6.45) is 0.789. The first-order valence-corrected chi connectivity index (χ1v) is 6.68. The minimum absolute atomic E-state index is 0.0258. The molecule has 0 atom stereocenters. The van der Waals surface area contributed by atoms with Gasteiger partial charge in [0.2, 0.25) is 5.91 Å². The molecule has 1 aromatic carbocycles. The Hall–Kier alpha value is -3.30. The summed E-state index contributed by atoms with van der Waals surface area (Å²) < 4.78 is 0. The first-order valence-electron chi connectivity index (χ1n) is 6.68. The number of nitriles is 3. The highest BCUT2D eigenvalue weighted by molar-refractivity contribution is 5.73. The predicted molar refractivity (Wildman–Crippen MR) is 78.7 cm³/mol. The number of hydrogen-bond donors (Lipinski definition) is 1. The Balaban J connectivity index is 2.30. The quantitative estimate of drug-likeness (QED) is 0.837. The fourth-order valence-corrected chi connectivity index (χ4v) is 2.33. The van der Waals surface area contributed by atoms with E-state index in [0.717, 1.165) is 17.5 Å². The van der Waals surface area contributed by atoms with Gasteiger partial charge in [0.15, 0.2) is 5.57 Å². The van der Waals surface area contributed by atoms with E-state index in [1.165, 1.54) is 6.92 Å². The van der Waals surface area contributed by atoms with Crippen LogP contribution in [0, 0.1) is 34.0 Å². The number of allylic oxidation sites excluding steroid dienone is 2. The van der Waals surface area contributed by atoms with E-state index in [0.29, 0.717) is 18.8 Å². The van der Waals surface area contributed by atoms with Gasteiger partial charge in [-0.2, -0.15) is 15.8 Å². The molecule has 0 bridgehead atoms. The molecule has 1 aromatic rings. The molecule has 108 valence electrons. The van der Waals surface area contributed by atoms with Gasteiger partial charge in [0.25, 0.3) is 0 Å². The molecule has 6 heteroatoms. The van der Waals surface area contributed by atoms with E-state index in [1.54, 1.807) is 23.1 Å². The van der Waals surface area contributed by atoms with E-state index >= 15 is 0 Å². The van der Waals surface area contributed by atoms with Crippen molar-refractivity contribution in [3.05, 3.63) is 40.6 Å². The second-order valence-corrected chi connectivity index (χ2v) is 4.88. The van der Waals surface area contributed by atoms with Crippen molar-refractivity contribution in [1.82, 2.24) is 4.90 Å². The van der Waals surface area contributed by atoms with Crippen LogP contribution in [0.3, 0.4) is 0 Å². The molecule has 0 aromatic heterocycles. The molecule has 0 radical (unpaired) electrons. The van der Waals surface area contributed by atoms with Crippen LogP contribution in [0.5, 0.6) is 0 Å². The summed E-state index contributed by atoms with van der Waals surface area (Å²) >= 11 is 0. The molecule has 0 unspecified atom stereocenters. The van der Waals surface area contributed by atoms with Crippen LogP contribution >= 0.6 is 0 Å². The van der Waals surface area contributed by atoms with Crippen molar-refractivity contribution in [1.29, 1.82) is 15.8 Å². The summed E-state index contributed by atoms with van der Waals surface area (Å²) in [6.45, 7) is 2.76. The van der Waals surface area contributed by atoms with Gasteiger partial charge in [-0.3, -0.25) is 4.79 Å². The standard InChI is InChI=1S/C16H13N5O/c1-11(22)21-5-4-12-2-3-15(6-13(12)10-21)20-16(9-19)14(7-17)8-18/h2-3,6,20H,4-5,10H2,1H3. The number of hydrogen-bond acceptors (Lipinski definition) is 5. The summed E-state index contributed by atoms with van der Waals surface area (Å²) in [7, 11) is 0. The van der Waals surface area contributed by atoms with E-state index in [2.05, 4.69) is 5.32 Å². The van der Waals surface area contributed by atoms with E-state index in [-0.39, 0.29) is 17.2 Å². The number of nitrogens with zero attached hydrogens (tertiary/aromatic N) is 4. The van der Waals surface area contributed by atoms with E-state index < -0.39 is 0 Å². The number of benzene rings is 1. The smallest absolute Gasteiger partial charge is 0.219 e. The summed E-state index contributed by atoms with van der Waals surface area (Å²) in [5.41, 5.74) is 2.43. The molecule has 0 spiro atoms. The Morgan fingerprint density at radius 2 is 1.91 bits per heavy atom. The van der Waals surface area contributed by atoms with Gasteiger partial charge in [0.1, 0.15) is 23.9 Å². The maximum absolute atomic E-state index is 11.5. The third-order valence-electron chi connectivity index (χ3n) is 3.52. The predicted octanol–water partition coefficient (Wildman–Crippen LogP) is 1.83. The third kappa shape index (κ3) is 3.06. The Labute approximate surface area is 128 Å². The fourth-order valence-electron chi connectivity index (χ4n) is 2.33. The molecule has 1 heterocycles. The monoisotopic (exact) mass is 291 g/mol. The lowest BCUT2D eigenvalue weighted by molar-refractivity contribution is -0.129. The normalized spacial score (nSPS) is 12.2. The van der Waals surface area contributed by atoms with Crippen LogP contribution in [0.25, 0.3) is 0 Å². The molecule has 0 aliphatic carbocycles. The zero-order chi connectivity index (χ0) is 16.1. The van der Waals surface area contributed by atoms with Crippen LogP contribution in [0.2, 0.25) is 0 Å². The average Bonchev–Trinajstić information content (AvgIpc) is 2.54. The molecule has 0 saturated carbocycles. The molecular formula is C16H13N5O. The van der Waals surface area contributed by atoms with Gasteiger partial charge in [-0.05, 0) is 29.7 Å². The molecule has 2 rings (SSSR count). The largest absolute Gasteiger partial charge is 0.345 e. The van der Waals surface area contributed by atoms with Gasteiger partial charge in [0, 0.05) is 25.7 Å². The molecule has 1 amide bonds. The summed E-state index contributed by atoms with van der Waals surface area (Å²) in [4.78, 5) is 13.2. The third-order valence-corrected chi connectivity index (χ3v) is 3.52.